The number of aromatic nitrogens is 1. The lowest BCUT2D eigenvalue weighted by molar-refractivity contribution is 0.580. The number of hydrogen-bond donors (Lipinski definition) is 0. The Labute approximate surface area is 89.9 Å². The maximum Gasteiger partial charge on any atom is 0.128 e. The largest absolute Gasteiger partial charge is 0.355 e. The Kier molecular flexibility index (Phi) is 2.92. The van der Waals surface area contributed by atoms with Crippen LogP contribution in [0.3, 0.4) is 0 Å². The molecule has 2 rings (SSSR count). The van der Waals surface area contributed by atoms with E-state index in [0.29, 0.717) is 0 Å². The Bertz CT molecular complexity index is 297. The van der Waals surface area contributed by atoms with Crippen molar-refractivity contribution >= 4 is 17.4 Å². The summed E-state index contributed by atoms with van der Waals surface area (Å²) in [7, 11) is 0. The van der Waals surface area contributed by atoms with Gasteiger partial charge in [0.25, 0.3) is 0 Å². The van der Waals surface area contributed by atoms with E-state index in [2.05, 4.69) is 28.9 Å². The number of hydrogen-bond acceptors (Lipinski definition) is 2. The number of anilines is 1. The molecular weight excluding hydrogens is 196 g/mol. The molecular formula is C11H15ClN2. The first kappa shape index (κ1) is 9.78. The van der Waals surface area contributed by atoms with Gasteiger partial charge in [0.15, 0.2) is 0 Å². The fourth-order valence-electron chi connectivity index (χ4n) is 1.78. The Morgan fingerprint density at radius 3 is 3.00 bits per heavy atom. The van der Waals surface area contributed by atoms with E-state index in [4.69, 9.17) is 11.6 Å². The quantitative estimate of drug-likeness (QED) is 0.663. The lowest BCUT2D eigenvalue weighted by atomic mass is 10.1. The van der Waals surface area contributed by atoms with Crippen molar-refractivity contribution in [2.24, 2.45) is 0 Å². The molecule has 0 N–H and O–H groups in total. The number of halogens is 1. The predicted molar refractivity (Wildman–Crippen MR) is 60.1 cm³/mol. The molecule has 2 nitrogen and oxygen atoms in total. The van der Waals surface area contributed by atoms with Crippen molar-refractivity contribution in [1.82, 2.24) is 4.98 Å². The SMILES string of the molecule is Cc1ccc(N2CCCC(Cl)C2)nc1. The fraction of sp³-hybridized carbons (Fsp3) is 0.545. The minimum Gasteiger partial charge on any atom is -0.355 e. The first-order valence-corrected chi connectivity index (χ1v) is 5.51. The molecule has 1 aromatic rings. The second-order valence-electron chi connectivity index (χ2n) is 3.88. The molecule has 1 unspecified atom stereocenters. The molecule has 0 bridgehead atoms. The number of nitrogens with zero attached hydrogens (tertiary/aromatic N) is 2. The zero-order chi connectivity index (χ0) is 9.97. The molecule has 2 heterocycles. The maximum atomic E-state index is 6.12. The topological polar surface area (TPSA) is 16.1 Å². The lowest BCUT2D eigenvalue weighted by Gasteiger charge is -2.30. The van der Waals surface area contributed by atoms with Crippen molar-refractivity contribution in [2.45, 2.75) is 25.1 Å². The third kappa shape index (κ3) is 2.18. The zero-order valence-corrected chi connectivity index (χ0v) is 9.17. The van der Waals surface area contributed by atoms with Gasteiger partial charge in [0.1, 0.15) is 5.82 Å². The van der Waals surface area contributed by atoms with Gasteiger partial charge < -0.3 is 4.90 Å². The van der Waals surface area contributed by atoms with Crippen LogP contribution >= 0.6 is 11.6 Å². The summed E-state index contributed by atoms with van der Waals surface area (Å²) in [5.74, 6) is 1.06. The monoisotopic (exact) mass is 210 g/mol. The molecule has 0 aromatic carbocycles. The van der Waals surface area contributed by atoms with E-state index >= 15 is 0 Å². The van der Waals surface area contributed by atoms with Crippen molar-refractivity contribution in [3.63, 3.8) is 0 Å². The van der Waals surface area contributed by atoms with Gasteiger partial charge in [-0.2, -0.15) is 0 Å². The molecule has 3 heteroatoms. The van der Waals surface area contributed by atoms with Crippen LogP contribution in [0.25, 0.3) is 0 Å². The summed E-state index contributed by atoms with van der Waals surface area (Å²) in [5, 5.41) is 0.284. The first-order valence-electron chi connectivity index (χ1n) is 5.07. The molecule has 1 aliphatic rings. The fourth-order valence-corrected chi connectivity index (χ4v) is 2.10. The summed E-state index contributed by atoms with van der Waals surface area (Å²) in [4.78, 5) is 6.67. The Morgan fingerprint density at radius 2 is 2.36 bits per heavy atom. The lowest BCUT2D eigenvalue weighted by Crippen LogP contribution is -2.36. The van der Waals surface area contributed by atoms with Crippen LogP contribution in [0.15, 0.2) is 18.3 Å². The molecule has 14 heavy (non-hydrogen) atoms. The third-order valence-electron chi connectivity index (χ3n) is 2.58. The molecule has 0 amide bonds. The molecule has 1 atom stereocenters. The summed E-state index contributed by atoms with van der Waals surface area (Å²) in [5.41, 5.74) is 1.20. The van der Waals surface area contributed by atoms with Gasteiger partial charge in [0.2, 0.25) is 0 Å². The average molecular weight is 211 g/mol. The minimum atomic E-state index is 0.284. The van der Waals surface area contributed by atoms with Gasteiger partial charge in [0, 0.05) is 19.3 Å². The van der Waals surface area contributed by atoms with Crippen molar-refractivity contribution in [3.8, 4) is 0 Å². The van der Waals surface area contributed by atoms with Crippen LogP contribution in [0.5, 0.6) is 0 Å². The molecule has 0 radical (unpaired) electrons. The van der Waals surface area contributed by atoms with E-state index in [1.165, 1.54) is 12.0 Å². The van der Waals surface area contributed by atoms with Crippen molar-refractivity contribution in [2.75, 3.05) is 18.0 Å². The number of rotatable bonds is 1. The highest BCUT2D eigenvalue weighted by Gasteiger charge is 2.18. The number of pyridine rings is 1. The Balaban J connectivity index is 2.10. The van der Waals surface area contributed by atoms with E-state index in [1.807, 2.05) is 6.20 Å². The van der Waals surface area contributed by atoms with Crippen LogP contribution < -0.4 is 4.90 Å². The number of alkyl halides is 1. The molecule has 1 saturated heterocycles. The van der Waals surface area contributed by atoms with Gasteiger partial charge in [0.05, 0.1) is 5.38 Å². The standard InChI is InChI=1S/C11H15ClN2/c1-9-4-5-11(13-7-9)14-6-2-3-10(12)8-14/h4-5,7,10H,2-3,6,8H2,1H3. The third-order valence-corrected chi connectivity index (χ3v) is 2.94. The van der Waals surface area contributed by atoms with Crippen LogP contribution in [-0.2, 0) is 0 Å². The van der Waals surface area contributed by atoms with E-state index in [0.717, 1.165) is 25.3 Å². The minimum absolute atomic E-state index is 0.284. The van der Waals surface area contributed by atoms with Crippen LogP contribution in [0.4, 0.5) is 5.82 Å². The van der Waals surface area contributed by atoms with Crippen LogP contribution in [0, 0.1) is 6.92 Å². The van der Waals surface area contributed by atoms with Crippen LogP contribution in [-0.4, -0.2) is 23.5 Å². The normalized spacial score (nSPS) is 22.4. The van der Waals surface area contributed by atoms with Crippen molar-refractivity contribution < 1.29 is 0 Å². The van der Waals surface area contributed by atoms with Crippen molar-refractivity contribution in [3.05, 3.63) is 23.9 Å². The number of aryl methyl sites for hydroxylation is 1. The molecule has 1 aliphatic heterocycles. The van der Waals surface area contributed by atoms with Crippen LogP contribution in [0.1, 0.15) is 18.4 Å². The van der Waals surface area contributed by atoms with Gasteiger partial charge >= 0.3 is 0 Å². The summed E-state index contributed by atoms with van der Waals surface area (Å²) >= 11 is 6.12. The summed E-state index contributed by atoms with van der Waals surface area (Å²) in [6.07, 6.45) is 4.21. The first-order chi connectivity index (χ1) is 6.75. The second kappa shape index (κ2) is 4.18. The Morgan fingerprint density at radius 1 is 1.50 bits per heavy atom. The van der Waals surface area contributed by atoms with E-state index in [1.54, 1.807) is 0 Å². The zero-order valence-electron chi connectivity index (χ0n) is 8.41. The molecule has 1 aromatic heterocycles. The summed E-state index contributed by atoms with van der Waals surface area (Å²) in [6.45, 7) is 4.06. The highest BCUT2D eigenvalue weighted by Crippen LogP contribution is 2.20. The molecule has 0 saturated carbocycles. The Hall–Kier alpha value is -0.760. The van der Waals surface area contributed by atoms with Gasteiger partial charge in [-0.1, -0.05) is 6.07 Å². The summed E-state index contributed by atoms with van der Waals surface area (Å²) < 4.78 is 0. The molecule has 76 valence electrons. The van der Waals surface area contributed by atoms with Gasteiger partial charge in [-0.15, -0.1) is 11.6 Å². The smallest absolute Gasteiger partial charge is 0.128 e. The highest BCUT2D eigenvalue weighted by molar-refractivity contribution is 6.21. The van der Waals surface area contributed by atoms with E-state index < -0.39 is 0 Å². The highest BCUT2D eigenvalue weighted by atomic mass is 35.5. The van der Waals surface area contributed by atoms with Crippen LogP contribution in [0.2, 0.25) is 0 Å². The van der Waals surface area contributed by atoms with E-state index in [9.17, 15) is 0 Å². The maximum absolute atomic E-state index is 6.12. The van der Waals surface area contributed by atoms with Crippen molar-refractivity contribution in [1.29, 1.82) is 0 Å². The molecule has 0 aliphatic carbocycles. The average Bonchev–Trinajstić information content (AvgIpc) is 2.19. The summed E-state index contributed by atoms with van der Waals surface area (Å²) in [6, 6.07) is 4.17. The predicted octanol–water partition coefficient (Wildman–Crippen LogP) is 2.60. The second-order valence-corrected chi connectivity index (χ2v) is 4.50. The molecule has 1 fully saturated rings. The van der Waals surface area contributed by atoms with Gasteiger partial charge in [-0.05, 0) is 31.4 Å². The van der Waals surface area contributed by atoms with Gasteiger partial charge in [-0.3, -0.25) is 0 Å². The number of piperidine rings is 1. The molecule has 0 spiro atoms. The van der Waals surface area contributed by atoms with Gasteiger partial charge in [-0.25, -0.2) is 4.98 Å². The van der Waals surface area contributed by atoms with E-state index in [-0.39, 0.29) is 5.38 Å².